The Morgan fingerprint density at radius 2 is 2.28 bits per heavy atom. The second-order valence-corrected chi connectivity index (χ2v) is 5.02. The maximum atomic E-state index is 11.4. The van der Waals surface area contributed by atoms with Crippen molar-refractivity contribution in [3.8, 4) is 0 Å². The SMILES string of the molecule is COC(=O)c1nc(C)cc(NC(C)CCSC)n1. The molecule has 1 heterocycles. The fourth-order valence-electron chi connectivity index (χ4n) is 1.44. The molecule has 1 aromatic rings. The molecule has 0 aliphatic rings. The number of nitrogens with zero attached hydrogens (tertiary/aromatic N) is 2. The number of hydrogen-bond acceptors (Lipinski definition) is 6. The number of aromatic nitrogens is 2. The summed E-state index contributed by atoms with van der Waals surface area (Å²) in [5.74, 6) is 1.33. The fourth-order valence-corrected chi connectivity index (χ4v) is 2.03. The molecule has 0 saturated carbocycles. The minimum absolute atomic E-state index is 0.0945. The van der Waals surface area contributed by atoms with Gasteiger partial charge >= 0.3 is 5.97 Å². The first-order chi connectivity index (χ1) is 8.56. The number of ether oxygens (including phenoxy) is 1. The monoisotopic (exact) mass is 269 g/mol. The van der Waals surface area contributed by atoms with Gasteiger partial charge in [0.15, 0.2) is 0 Å². The maximum Gasteiger partial charge on any atom is 0.376 e. The van der Waals surface area contributed by atoms with Crippen LogP contribution >= 0.6 is 11.8 Å². The van der Waals surface area contributed by atoms with Gasteiger partial charge in [0.1, 0.15) is 5.82 Å². The van der Waals surface area contributed by atoms with Gasteiger partial charge in [-0.25, -0.2) is 14.8 Å². The number of carbonyl (C=O) groups excluding carboxylic acids is 1. The molecule has 100 valence electrons. The van der Waals surface area contributed by atoms with Gasteiger partial charge in [0.2, 0.25) is 5.82 Å². The lowest BCUT2D eigenvalue weighted by molar-refractivity contribution is 0.0586. The molecule has 0 bridgehead atoms. The van der Waals surface area contributed by atoms with Gasteiger partial charge in [-0.15, -0.1) is 0 Å². The van der Waals surface area contributed by atoms with Crippen LogP contribution in [0.2, 0.25) is 0 Å². The van der Waals surface area contributed by atoms with Gasteiger partial charge < -0.3 is 10.1 Å². The molecular weight excluding hydrogens is 250 g/mol. The highest BCUT2D eigenvalue weighted by molar-refractivity contribution is 7.98. The van der Waals surface area contributed by atoms with Crippen LogP contribution in [0, 0.1) is 6.92 Å². The summed E-state index contributed by atoms with van der Waals surface area (Å²) >= 11 is 1.81. The number of methoxy groups -OCH3 is 1. The normalized spacial score (nSPS) is 12.0. The highest BCUT2D eigenvalue weighted by Gasteiger charge is 2.12. The van der Waals surface area contributed by atoms with E-state index in [1.165, 1.54) is 7.11 Å². The van der Waals surface area contributed by atoms with Gasteiger partial charge in [-0.2, -0.15) is 11.8 Å². The van der Waals surface area contributed by atoms with Gasteiger partial charge in [0.25, 0.3) is 0 Å². The van der Waals surface area contributed by atoms with Crippen LogP contribution in [-0.2, 0) is 4.74 Å². The standard InChI is InChI=1S/C12H19N3O2S/c1-8(5-6-18-4)13-10-7-9(2)14-11(15-10)12(16)17-3/h7-8H,5-6H2,1-4H3,(H,13,14,15). The zero-order chi connectivity index (χ0) is 13.5. The van der Waals surface area contributed by atoms with Gasteiger partial charge in [-0.05, 0) is 32.3 Å². The van der Waals surface area contributed by atoms with E-state index in [1.807, 2.05) is 24.8 Å². The summed E-state index contributed by atoms with van der Waals surface area (Å²) in [5, 5.41) is 3.26. The third-order valence-corrected chi connectivity index (χ3v) is 3.02. The van der Waals surface area contributed by atoms with Crippen LogP contribution in [0.4, 0.5) is 5.82 Å². The zero-order valence-corrected chi connectivity index (χ0v) is 12.0. The quantitative estimate of drug-likeness (QED) is 0.798. The molecule has 1 rings (SSSR count). The van der Waals surface area contributed by atoms with E-state index in [-0.39, 0.29) is 5.82 Å². The summed E-state index contributed by atoms with van der Waals surface area (Å²) in [4.78, 5) is 19.6. The zero-order valence-electron chi connectivity index (χ0n) is 11.2. The van der Waals surface area contributed by atoms with Crippen molar-refractivity contribution >= 4 is 23.5 Å². The summed E-state index contributed by atoms with van der Waals surface area (Å²) in [6, 6.07) is 2.12. The van der Waals surface area contributed by atoms with Crippen LogP contribution in [0.1, 0.15) is 29.7 Å². The number of anilines is 1. The number of hydrogen-bond donors (Lipinski definition) is 1. The third kappa shape index (κ3) is 4.52. The van der Waals surface area contributed by atoms with Crippen molar-refractivity contribution in [1.29, 1.82) is 0 Å². The molecule has 5 nitrogen and oxygen atoms in total. The number of nitrogens with one attached hydrogen (secondary N) is 1. The smallest absolute Gasteiger partial charge is 0.376 e. The number of thioether (sulfide) groups is 1. The lowest BCUT2D eigenvalue weighted by Crippen LogP contribution is -2.18. The lowest BCUT2D eigenvalue weighted by Gasteiger charge is -2.14. The van der Waals surface area contributed by atoms with Crippen molar-refractivity contribution in [3.63, 3.8) is 0 Å². The Morgan fingerprint density at radius 3 is 2.89 bits per heavy atom. The van der Waals surface area contributed by atoms with E-state index in [1.54, 1.807) is 0 Å². The molecule has 1 atom stereocenters. The first-order valence-electron chi connectivity index (χ1n) is 5.76. The summed E-state index contributed by atoms with van der Waals surface area (Å²) in [7, 11) is 1.32. The van der Waals surface area contributed by atoms with E-state index in [2.05, 4.69) is 33.2 Å². The molecule has 0 fully saturated rings. The first-order valence-corrected chi connectivity index (χ1v) is 7.15. The van der Waals surface area contributed by atoms with Crippen LogP contribution in [0.15, 0.2) is 6.07 Å². The second kappa shape index (κ2) is 7.20. The topological polar surface area (TPSA) is 64.1 Å². The number of carbonyl (C=O) groups is 1. The first kappa shape index (κ1) is 14.8. The van der Waals surface area contributed by atoms with Crippen molar-refractivity contribution in [3.05, 3.63) is 17.6 Å². The number of aryl methyl sites for hydroxylation is 1. The summed E-state index contributed by atoms with van der Waals surface area (Å²) in [6.07, 6.45) is 3.12. The molecule has 0 amide bonds. The van der Waals surface area contributed by atoms with Crippen LogP contribution in [0.3, 0.4) is 0 Å². The van der Waals surface area contributed by atoms with Crippen LogP contribution in [0.5, 0.6) is 0 Å². The minimum atomic E-state index is -0.515. The Hall–Kier alpha value is -1.30. The third-order valence-electron chi connectivity index (χ3n) is 2.37. The molecule has 0 radical (unpaired) electrons. The van der Waals surface area contributed by atoms with E-state index in [0.29, 0.717) is 11.9 Å². The Kier molecular flexibility index (Phi) is 5.91. The fraction of sp³-hybridized carbons (Fsp3) is 0.583. The van der Waals surface area contributed by atoms with Crippen molar-refractivity contribution < 1.29 is 9.53 Å². The van der Waals surface area contributed by atoms with Crippen molar-refractivity contribution in [2.24, 2.45) is 0 Å². The molecule has 1 N–H and O–H groups in total. The number of esters is 1. The highest BCUT2D eigenvalue weighted by Crippen LogP contribution is 2.11. The molecule has 0 aromatic carbocycles. The van der Waals surface area contributed by atoms with Crippen LogP contribution in [-0.4, -0.2) is 41.1 Å². The molecular formula is C12H19N3O2S. The predicted molar refractivity (Wildman–Crippen MR) is 74.2 cm³/mol. The molecule has 0 saturated heterocycles. The Balaban J connectivity index is 2.76. The van der Waals surface area contributed by atoms with E-state index >= 15 is 0 Å². The summed E-state index contributed by atoms with van der Waals surface area (Å²) in [5.41, 5.74) is 0.741. The van der Waals surface area contributed by atoms with Gasteiger partial charge in [-0.3, -0.25) is 0 Å². The van der Waals surface area contributed by atoms with E-state index in [9.17, 15) is 4.79 Å². The molecule has 0 aliphatic heterocycles. The summed E-state index contributed by atoms with van der Waals surface area (Å²) in [6.45, 7) is 3.91. The van der Waals surface area contributed by atoms with Crippen LogP contribution in [0.25, 0.3) is 0 Å². The lowest BCUT2D eigenvalue weighted by atomic mass is 10.2. The Morgan fingerprint density at radius 1 is 1.56 bits per heavy atom. The second-order valence-electron chi connectivity index (χ2n) is 4.04. The maximum absolute atomic E-state index is 11.4. The summed E-state index contributed by atoms with van der Waals surface area (Å²) < 4.78 is 4.62. The average Bonchev–Trinajstić information content (AvgIpc) is 2.34. The Bertz CT molecular complexity index is 412. The Labute approximate surface area is 112 Å². The highest BCUT2D eigenvalue weighted by atomic mass is 32.2. The molecule has 1 aromatic heterocycles. The molecule has 0 spiro atoms. The largest absolute Gasteiger partial charge is 0.463 e. The van der Waals surface area contributed by atoms with E-state index in [4.69, 9.17) is 0 Å². The van der Waals surface area contributed by atoms with Gasteiger partial charge in [-0.1, -0.05) is 0 Å². The average molecular weight is 269 g/mol. The van der Waals surface area contributed by atoms with E-state index in [0.717, 1.165) is 17.9 Å². The molecule has 18 heavy (non-hydrogen) atoms. The van der Waals surface area contributed by atoms with E-state index < -0.39 is 5.97 Å². The number of rotatable bonds is 6. The molecule has 6 heteroatoms. The van der Waals surface area contributed by atoms with Crippen molar-refractivity contribution in [2.75, 3.05) is 24.4 Å². The predicted octanol–water partition coefficient (Wildman–Crippen LogP) is 2.13. The van der Waals surface area contributed by atoms with Gasteiger partial charge in [0.05, 0.1) is 7.11 Å². The van der Waals surface area contributed by atoms with Crippen LogP contribution < -0.4 is 5.32 Å². The van der Waals surface area contributed by atoms with Crippen molar-refractivity contribution in [1.82, 2.24) is 9.97 Å². The minimum Gasteiger partial charge on any atom is -0.463 e. The van der Waals surface area contributed by atoms with Gasteiger partial charge in [0, 0.05) is 17.8 Å². The van der Waals surface area contributed by atoms with Crippen molar-refractivity contribution in [2.45, 2.75) is 26.3 Å². The molecule has 1 unspecified atom stereocenters. The molecule has 0 aliphatic carbocycles.